The van der Waals surface area contributed by atoms with Crippen molar-refractivity contribution in [3.63, 3.8) is 0 Å². The average molecular weight is 527 g/mol. The van der Waals surface area contributed by atoms with Crippen molar-refractivity contribution in [2.24, 2.45) is 0 Å². The molecule has 1 aliphatic rings. The summed E-state index contributed by atoms with van der Waals surface area (Å²) in [6, 6.07) is 15.9. The molecule has 3 aromatic rings. The van der Waals surface area contributed by atoms with Crippen molar-refractivity contribution >= 4 is 39.1 Å². The molecule has 1 heterocycles. The van der Waals surface area contributed by atoms with Crippen LogP contribution in [0, 0.1) is 10.1 Å². The molecule has 0 aliphatic carbocycles. The summed E-state index contributed by atoms with van der Waals surface area (Å²) in [5, 5.41) is 16.1. The molecule has 0 bridgehead atoms. The van der Waals surface area contributed by atoms with Gasteiger partial charge in [-0.3, -0.25) is 25.1 Å². The van der Waals surface area contributed by atoms with Gasteiger partial charge in [0.05, 0.1) is 36.3 Å². The Morgan fingerprint density at radius 2 is 1.74 bits per heavy atom. The lowest BCUT2D eigenvalue weighted by Gasteiger charge is -2.37. The van der Waals surface area contributed by atoms with Gasteiger partial charge in [-0.15, -0.1) is 0 Å². The summed E-state index contributed by atoms with van der Waals surface area (Å²) in [6.07, 6.45) is -1.11. The Hall–Kier alpha value is -4.12. The molecule has 174 valence electrons. The van der Waals surface area contributed by atoms with Gasteiger partial charge in [0.15, 0.2) is 17.7 Å². The van der Waals surface area contributed by atoms with Gasteiger partial charge >= 0.3 is 0 Å². The quantitative estimate of drug-likeness (QED) is 0.362. The first-order valence-corrected chi connectivity index (χ1v) is 10.8. The van der Waals surface area contributed by atoms with Crippen LogP contribution in [0.25, 0.3) is 0 Å². The normalized spacial score (nSPS) is 14.6. The van der Waals surface area contributed by atoms with Crippen molar-refractivity contribution < 1.29 is 24.0 Å². The summed E-state index contributed by atoms with van der Waals surface area (Å²) in [4.78, 5) is 37.7. The fourth-order valence-electron chi connectivity index (χ4n) is 3.62. The van der Waals surface area contributed by atoms with E-state index < -0.39 is 22.9 Å². The maximum atomic E-state index is 13.4. The minimum Gasteiger partial charge on any atom is -0.493 e. The number of methoxy groups -OCH3 is 2. The van der Waals surface area contributed by atoms with Gasteiger partial charge in [0.1, 0.15) is 0 Å². The van der Waals surface area contributed by atoms with Crippen molar-refractivity contribution in [1.82, 2.24) is 10.4 Å². The van der Waals surface area contributed by atoms with E-state index in [0.717, 1.165) is 9.48 Å². The van der Waals surface area contributed by atoms with Crippen molar-refractivity contribution in [3.05, 3.63) is 91.9 Å². The number of fused-ring (bicyclic) bond motifs is 1. The molecule has 3 aromatic carbocycles. The molecule has 0 radical (unpaired) electrons. The van der Waals surface area contributed by atoms with E-state index in [4.69, 9.17) is 9.47 Å². The number of nitro benzene ring substituents is 1. The molecule has 0 unspecified atom stereocenters. The Balaban J connectivity index is 1.83. The van der Waals surface area contributed by atoms with Gasteiger partial charge in [-0.05, 0) is 42.5 Å². The summed E-state index contributed by atoms with van der Waals surface area (Å²) in [5.74, 6) is -0.703. The van der Waals surface area contributed by atoms with Gasteiger partial charge in [0.2, 0.25) is 0 Å². The number of nitro groups is 1. The number of nitrogens with zero attached hydrogens (tertiary/aromatic N) is 2. The second kappa shape index (κ2) is 9.40. The zero-order valence-corrected chi connectivity index (χ0v) is 19.7. The molecule has 2 amide bonds. The van der Waals surface area contributed by atoms with Crippen LogP contribution in [0.5, 0.6) is 11.5 Å². The van der Waals surface area contributed by atoms with Crippen LogP contribution in [0.15, 0.2) is 65.1 Å². The highest BCUT2D eigenvalue weighted by Crippen LogP contribution is 2.41. The smallest absolute Gasteiger partial charge is 0.280 e. The lowest BCUT2D eigenvalue weighted by molar-refractivity contribution is -0.386. The lowest BCUT2D eigenvalue weighted by atomic mass is 10.0. The van der Waals surface area contributed by atoms with Crippen LogP contribution < -0.4 is 20.2 Å². The largest absolute Gasteiger partial charge is 0.493 e. The molecular formula is C23H19BrN4O6. The third-order valence-electron chi connectivity index (χ3n) is 5.28. The van der Waals surface area contributed by atoms with Crippen LogP contribution >= 0.6 is 15.9 Å². The van der Waals surface area contributed by atoms with E-state index in [1.165, 1.54) is 26.4 Å². The molecular weight excluding hydrogens is 508 g/mol. The first kappa shape index (κ1) is 23.1. The van der Waals surface area contributed by atoms with Crippen LogP contribution in [0.2, 0.25) is 0 Å². The number of para-hydroxylation sites is 1. The summed E-state index contributed by atoms with van der Waals surface area (Å²) < 4.78 is 11.3. The van der Waals surface area contributed by atoms with E-state index in [-0.39, 0.29) is 22.7 Å². The standard InChI is InChI=1S/C23H19BrN4O6/c1-33-19-11-16(18(28(31)32)12-20(19)34-2)21-25-17-6-4-3-5-15(17)23(30)27(21)26-22(29)13-7-9-14(24)10-8-13/h3-12,21,25H,1-2H3,(H,26,29)/t21-/m1/s1. The maximum Gasteiger partial charge on any atom is 0.280 e. The highest BCUT2D eigenvalue weighted by molar-refractivity contribution is 9.10. The van der Waals surface area contributed by atoms with E-state index in [9.17, 15) is 19.7 Å². The second-order valence-corrected chi connectivity index (χ2v) is 8.15. The third-order valence-corrected chi connectivity index (χ3v) is 5.81. The first-order valence-electron chi connectivity index (χ1n) is 10.00. The number of rotatable bonds is 6. The number of anilines is 1. The Morgan fingerprint density at radius 1 is 1.09 bits per heavy atom. The molecule has 1 aliphatic heterocycles. The van der Waals surface area contributed by atoms with Crippen LogP contribution in [0.3, 0.4) is 0 Å². The van der Waals surface area contributed by atoms with Crippen LogP contribution in [-0.2, 0) is 0 Å². The Morgan fingerprint density at radius 3 is 2.38 bits per heavy atom. The fourth-order valence-corrected chi connectivity index (χ4v) is 3.89. The van der Waals surface area contributed by atoms with E-state index in [1.807, 2.05) is 0 Å². The third kappa shape index (κ3) is 4.25. The van der Waals surface area contributed by atoms with Crippen molar-refractivity contribution in [1.29, 1.82) is 0 Å². The number of hydrazine groups is 1. The number of hydrogen-bond acceptors (Lipinski definition) is 7. The van der Waals surface area contributed by atoms with E-state index >= 15 is 0 Å². The van der Waals surface area contributed by atoms with Gasteiger partial charge in [-0.2, -0.15) is 0 Å². The van der Waals surface area contributed by atoms with Gasteiger partial charge in [0.25, 0.3) is 17.5 Å². The van der Waals surface area contributed by atoms with Gasteiger partial charge < -0.3 is 14.8 Å². The number of ether oxygens (including phenoxy) is 2. The molecule has 0 saturated heterocycles. The predicted molar refractivity (Wildman–Crippen MR) is 127 cm³/mol. The molecule has 1 atom stereocenters. The molecule has 34 heavy (non-hydrogen) atoms. The SMILES string of the molecule is COc1cc([C@@H]2Nc3ccccc3C(=O)N2NC(=O)c2ccc(Br)cc2)c([N+](=O)[O-])cc1OC. The number of nitrogens with one attached hydrogen (secondary N) is 2. The van der Waals surface area contributed by atoms with E-state index in [2.05, 4.69) is 26.7 Å². The number of carbonyl (C=O) groups is 2. The Kier molecular flexibility index (Phi) is 6.37. The molecule has 0 spiro atoms. The molecule has 4 rings (SSSR count). The van der Waals surface area contributed by atoms with Gasteiger partial charge in [0, 0.05) is 15.7 Å². The van der Waals surface area contributed by atoms with Gasteiger partial charge in [-0.25, -0.2) is 5.01 Å². The number of hydrogen-bond donors (Lipinski definition) is 2. The summed E-state index contributed by atoms with van der Waals surface area (Å²) >= 11 is 3.32. The van der Waals surface area contributed by atoms with E-state index in [1.54, 1.807) is 48.5 Å². The van der Waals surface area contributed by atoms with Crippen LogP contribution in [0.1, 0.15) is 32.4 Å². The van der Waals surface area contributed by atoms with Crippen molar-refractivity contribution in [2.45, 2.75) is 6.17 Å². The zero-order chi connectivity index (χ0) is 24.4. The molecule has 0 saturated carbocycles. The average Bonchev–Trinajstić information content (AvgIpc) is 2.85. The minimum absolute atomic E-state index is 0.0987. The molecule has 10 nitrogen and oxygen atoms in total. The second-order valence-electron chi connectivity index (χ2n) is 7.24. The number of benzene rings is 3. The Labute approximate surface area is 202 Å². The zero-order valence-electron chi connectivity index (χ0n) is 18.1. The van der Waals surface area contributed by atoms with Crippen LogP contribution in [-0.4, -0.2) is 36.0 Å². The molecule has 0 aromatic heterocycles. The highest BCUT2D eigenvalue weighted by Gasteiger charge is 2.38. The maximum absolute atomic E-state index is 13.4. The molecule has 2 N–H and O–H groups in total. The van der Waals surface area contributed by atoms with Crippen molar-refractivity contribution in [3.8, 4) is 11.5 Å². The van der Waals surface area contributed by atoms with Crippen LogP contribution in [0.4, 0.5) is 11.4 Å². The summed E-state index contributed by atoms with van der Waals surface area (Å²) in [7, 11) is 2.76. The first-order chi connectivity index (χ1) is 16.3. The van der Waals surface area contributed by atoms with Gasteiger partial charge in [-0.1, -0.05) is 28.1 Å². The molecule has 11 heteroatoms. The summed E-state index contributed by atoms with van der Waals surface area (Å²) in [6.45, 7) is 0. The number of amides is 2. The lowest BCUT2D eigenvalue weighted by Crippen LogP contribution is -2.53. The highest BCUT2D eigenvalue weighted by atomic mass is 79.9. The topological polar surface area (TPSA) is 123 Å². The molecule has 0 fully saturated rings. The van der Waals surface area contributed by atoms with E-state index in [0.29, 0.717) is 16.8 Å². The minimum atomic E-state index is -1.11. The van der Waals surface area contributed by atoms with Crippen molar-refractivity contribution in [2.75, 3.05) is 19.5 Å². The number of halogens is 1. The summed E-state index contributed by atoms with van der Waals surface area (Å²) in [5.41, 5.74) is 3.46. The Bertz CT molecular complexity index is 1280. The fraction of sp³-hybridized carbons (Fsp3) is 0.130. The predicted octanol–water partition coefficient (Wildman–Crippen LogP) is 4.29. The monoisotopic (exact) mass is 526 g/mol. The number of carbonyl (C=O) groups excluding carboxylic acids is 2.